The van der Waals surface area contributed by atoms with Crippen LogP contribution in [0.1, 0.15) is 24.9 Å². The molecule has 2 nitrogen and oxygen atoms in total. The Morgan fingerprint density at radius 3 is 2.57 bits per heavy atom. The topological polar surface area (TPSA) is 29.3 Å². The summed E-state index contributed by atoms with van der Waals surface area (Å²) in [5.41, 5.74) is 8.02. The van der Waals surface area contributed by atoms with E-state index < -0.39 is 0 Å². The number of rotatable bonds is 2. The Kier molecular flexibility index (Phi) is 2.66. The van der Waals surface area contributed by atoms with Crippen LogP contribution in [-0.4, -0.2) is 13.1 Å². The monoisotopic (exact) mass is 210 g/mol. The van der Waals surface area contributed by atoms with Gasteiger partial charge in [-0.15, -0.1) is 0 Å². The van der Waals surface area contributed by atoms with Crippen LogP contribution in [0.25, 0.3) is 0 Å². The zero-order valence-corrected chi connectivity index (χ0v) is 9.09. The molecule has 2 rings (SSSR count). The van der Waals surface area contributed by atoms with Gasteiger partial charge >= 0.3 is 0 Å². The summed E-state index contributed by atoms with van der Waals surface area (Å²) >= 11 is 6.18. The summed E-state index contributed by atoms with van der Waals surface area (Å²) < 4.78 is 0. The maximum absolute atomic E-state index is 6.18. The van der Waals surface area contributed by atoms with Gasteiger partial charge < -0.3 is 10.6 Å². The van der Waals surface area contributed by atoms with Crippen molar-refractivity contribution in [2.24, 2.45) is 5.73 Å². The second-order valence-electron chi connectivity index (χ2n) is 3.84. The second-order valence-corrected chi connectivity index (χ2v) is 4.25. The van der Waals surface area contributed by atoms with Gasteiger partial charge in [0.2, 0.25) is 0 Å². The van der Waals surface area contributed by atoms with Crippen LogP contribution < -0.4 is 10.6 Å². The van der Waals surface area contributed by atoms with Gasteiger partial charge in [-0.3, -0.25) is 0 Å². The Morgan fingerprint density at radius 2 is 2.14 bits per heavy atom. The summed E-state index contributed by atoms with van der Waals surface area (Å²) in [5.74, 6) is 0. The zero-order valence-electron chi connectivity index (χ0n) is 8.33. The number of halogens is 1. The number of anilines is 1. The lowest BCUT2D eigenvalue weighted by atomic mass is 10.1. The number of hydrogen-bond donors (Lipinski definition) is 1. The summed E-state index contributed by atoms with van der Waals surface area (Å²) in [7, 11) is 0. The Bertz CT molecular complexity index is 332. The smallest absolute Gasteiger partial charge is 0.0642 e. The van der Waals surface area contributed by atoms with E-state index in [4.69, 9.17) is 17.3 Å². The summed E-state index contributed by atoms with van der Waals surface area (Å²) in [5, 5.41) is 0.819. The van der Waals surface area contributed by atoms with Crippen molar-refractivity contribution in [3.8, 4) is 0 Å². The SMILES string of the molecule is C[C@H](N)c1ccc(N2CCC2)c(Cl)c1. The first-order valence-electron chi connectivity index (χ1n) is 4.98. The largest absolute Gasteiger partial charge is 0.370 e. The average molecular weight is 211 g/mol. The molecule has 0 unspecified atom stereocenters. The normalized spacial score (nSPS) is 17.8. The Balaban J connectivity index is 2.26. The fourth-order valence-electron chi connectivity index (χ4n) is 1.62. The van der Waals surface area contributed by atoms with Crippen LogP contribution in [0, 0.1) is 0 Å². The number of nitrogens with two attached hydrogens (primary N) is 1. The molecule has 0 saturated carbocycles. The van der Waals surface area contributed by atoms with Gasteiger partial charge in [-0.2, -0.15) is 0 Å². The molecule has 1 fully saturated rings. The van der Waals surface area contributed by atoms with Crippen molar-refractivity contribution in [1.82, 2.24) is 0 Å². The fraction of sp³-hybridized carbons (Fsp3) is 0.455. The highest BCUT2D eigenvalue weighted by Crippen LogP contribution is 2.31. The molecule has 1 saturated heterocycles. The molecule has 1 aliphatic heterocycles. The van der Waals surface area contributed by atoms with Crippen molar-refractivity contribution >= 4 is 17.3 Å². The standard InChI is InChI=1S/C11H15ClN2/c1-8(13)9-3-4-11(10(12)7-9)14-5-2-6-14/h3-4,7-8H,2,5-6,13H2,1H3/t8-/m0/s1. The molecule has 0 amide bonds. The molecule has 2 N–H and O–H groups in total. The molecule has 1 aliphatic rings. The molecule has 1 heterocycles. The molecule has 3 heteroatoms. The summed E-state index contributed by atoms with van der Waals surface area (Å²) in [6, 6.07) is 6.16. The predicted octanol–water partition coefficient (Wildman–Crippen LogP) is 2.57. The second kappa shape index (κ2) is 3.79. The van der Waals surface area contributed by atoms with Crippen LogP contribution in [-0.2, 0) is 0 Å². The molecule has 1 aromatic carbocycles. The number of nitrogens with zero attached hydrogens (tertiary/aromatic N) is 1. The third-order valence-corrected chi connectivity index (χ3v) is 3.00. The first-order chi connectivity index (χ1) is 6.68. The van der Waals surface area contributed by atoms with E-state index in [-0.39, 0.29) is 6.04 Å². The Labute approximate surface area is 89.7 Å². The molecule has 76 valence electrons. The van der Waals surface area contributed by atoms with Crippen molar-refractivity contribution in [2.75, 3.05) is 18.0 Å². The molecule has 0 bridgehead atoms. The third kappa shape index (κ3) is 1.72. The van der Waals surface area contributed by atoms with Crippen LogP contribution in [0.4, 0.5) is 5.69 Å². The van der Waals surface area contributed by atoms with Gasteiger partial charge in [-0.05, 0) is 31.0 Å². The molecule has 0 aliphatic carbocycles. The first-order valence-corrected chi connectivity index (χ1v) is 5.36. The van der Waals surface area contributed by atoms with Gasteiger partial charge in [0.25, 0.3) is 0 Å². The molecule has 14 heavy (non-hydrogen) atoms. The maximum atomic E-state index is 6.18. The Hall–Kier alpha value is -0.730. The van der Waals surface area contributed by atoms with E-state index in [1.54, 1.807) is 0 Å². The van der Waals surface area contributed by atoms with Crippen LogP contribution in [0.2, 0.25) is 5.02 Å². The van der Waals surface area contributed by atoms with Crippen molar-refractivity contribution in [1.29, 1.82) is 0 Å². The highest BCUT2D eigenvalue weighted by molar-refractivity contribution is 6.33. The maximum Gasteiger partial charge on any atom is 0.0642 e. The van der Waals surface area contributed by atoms with E-state index in [9.17, 15) is 0 Å². The van der Waals surface area contributed by atoms with Crippen LogP contribution in [0.15, 0.2) is 18.2 Å². The molecular weight excluding hydrogens is 196 g/mol. The van der Waals surface area contributed by atoms with Gasteiger partial charge in [-0.1, -0.05) is 17.7 Å². The van der Waals surface area contributed by atoms with E-state index >= 15 is 0 Å². The van der Waals surface area contributed by atoms with Crippen molar-refractivity contribution in [3.63, 3.8) is 0 Å². The van der Waals surface area contributed by atoms with Gasteiger partial charge in [0, 0.05) is 19.1 Å². The summed E-state index contributed by atoms with van der Waals surface area (Å²) in [4.78, 5) is 2.29. The molecule has 0 radical (unpaired) electrons. The minimum atomic E-state index is 0.0536. The Morgan fingerprint density at radius 1 is 1.43 bits per heavy atom. The summed E-state index contributed by atoms with van der Waals surface area (Å²) in [6.45, 7) is 4.21. The number of benzene rings is 1. The van der Waals surface area contributed by atoms with E-state index in [0.29, 0.717) is 0 Å². The molecule has 0 spiro atoms. The molecular formula is C11H15ClN2. The lowest BCUT2D eigenvalue weighted by Gasteiger charge is -2.34. The minimum absolute atomic E-state index is 0.0536. The highest BCUT2D eigenvalue weighted by atomic mass is 35.5. The van der Waals surface area contributed by atoms with E-state index in [2.05, 4.69) is 17.0 Å². The minimum Gasteiger partial charge on any atom is -0.370 e. The van der Waals surface area contributed by atoms with Crippen LogP contribution in [0.5, 0.6) is 0 Å². The van der Waals surface area contributed by atoms with E-state index in [0.717, 1.165) is 29.4 Å². The number of hydrogen-bond acceptors (Lipinski definition) is 2. The molecule has 1 atom stereocenters. The van der Waals surface area contributed by atoms with Crippen LogP contribution in [0.3, 0.4) is 0 Å². The third-order valence-electron chi connectivity index (χ3n) is 2.69. The summed E-state index contributed by atoms with van der Waals surface area (Å²) in [6.07, 6.45) is 1.27. The first kappa shape index (κ1) is 9.81. The van der Waals surface area contributed by atoms with Crippen molar-refractivity contribution in [2.45, 2.75) is 19.4 Å². The van der Waals surface area contributed by atoms with Gasteiger partial charge in [0.1, 0.15) is 0 Å². The van der Waals surface area contributed by atoms with Gasteiger partial charge in [0.15, 0.2) is 0 Å². The molecule has 1 aromatic rings. The lowest BCUT2D eigenvalue weighted by Crippen LogP contribution is -2.37. The quantitative estimate of drug-likeness (QED) is 0.813. The van der Waals surface area contributed by atoms with Crippen molar-refractivity contribution in [3.05, 3.63) is 28.8 Å². The predicted molar refractivity (Wildman–Crippen MR) is 60.9 cm³/mol. The fourth-order valence-corrected chi connectivity index (χ4v) is 1.93. The lowest BCUT2D eigenvalue weighted by molar-refractivity contribution is 0.617. The highest BCUT2D eigenvalue weighted by Gasteiger charge is 2.17. The van der Waals surface area contributed by atoms with Gasteiger partial charge in [-0.25, -0.2) is 0 Å². The van der Waals surface area contributed by atoms with E-state index in [1.165, 1.54) is 6.42 Å². The van der Waals surface area contributed by atoms with Crippen molar-refractivity contribution < 1.29 is 0 Å². The zero-order chi connectivity index (χ0) is 10.1. The average Bonchev–Trinajstić information content (AvgIpc) is 2.04. The van der Waals surface area contributed by atoms with Crippen LogP contribution >= 0.6 is 11.6 Å². The molecule has 0 aromatic heterocycles. The van der Waals surface area contributed by atoms with Gasteiger partial charge in [0.05, 0.1) is 10.7 Å². The van der Waals surface area contributed by atoms with E-state index in [1.807, 2.05) is 13.0 Å².